The van der Waals surface area contributed by atoms with Crippen molar-refractivity contribution >= 4 is 17.1 Å². The molecule has 0 aliphatic carbocycles. The van der Waals surface area contributed by atoms with Gasteiger partial charge in [-0.05, 0) is 18.2 Å². The van der Waals surface area contributed by atoms with E-state index in [2.05, 4.69) is 9.97 Å². The number of oxazole rings is 1. The molecule has 0 atom stereocenters. The highest BCUT2D eigenvalue weighted by molar-refractivity contribution is 5.85. The van der Waals surface area contributed by atoms with E-state index in [1.807, 2.05) is 0 Å². The van der Waals surface area contributed by atoms with Crippen molar-refractivity contribution in [1.82, 2.24) is 14.5 Å². The van der Waals surface area contributed by atoms with Gasteiger partial charge in [0.05, 0.1) is 17.4 Å². The Morgan fingerprint density at radius 3 is 2.95 bits per heavy atom. The molecule has 2 aromatic heterocycles. The molecule has 96 valence electrons. The van der Waals surface area contributed by atoms with Crippen LogP contribution in [-0.2, 0) is 7.05 Å². The Labute approximate surface area is 106 Å². The maximum atomic E-state index is 11.4. The van der Waals surface area contributed by atoms with Gasteiger partial charge in [-0.25, -0.2) is 14.6 Å². The SMILES string of the molecule is Cn1c(=O)oc2ccc(-c3cnc(C(=O)O)[nH]3)cc21. The van der Waals surface area contributed by atoms with Gasteiger partial charge in [-0.1, -0.05) is 0 Å². The molecule has 2 N–H and O–H groups in total. The van der Waals surface area contributed by atoms with Gasteiger partial charge in [0.1, 0.15) is 0 Å². The smallest absolute Gasteiger partial charge is 0.419 e. The number of carboxylic acids is 1. The van der Waals surface area contributed by atoms with Gasteiger partial charge in [-0.2, -0.15) is 0 Å². The predicted octanol–water partition coefficient (Wildman–Crippen LogP) is 1.22. The number of H-pyrrole nitrogens is 1. The van der Waals surface area contributed by atoms with Crippen molar-refractivity contribution in [2.75, 3.05) is 0 Å². The Balaban J connectivity index is 2.16. The Morgan fingerprint density at radius 1 is 1.47 bits per heavy atom. The highest BCUT2D eigenvalue weighted by Gasteiger charge is 2.11. The van der Waals surface area contributed by atoms with Crippen molar-refractivity contribution < 1.29 is 14.3 Å². The van der Waals surface area contributed by atoms with Crippen LogP contribution in [-0.4, -0.2) is 25.6 Å². The zero-order chi connectivity index (χ0) is 13.6. The molecule has 2 heterocycles. The lowest BCUT2D eigenvalue weighted by Crippen LogP contribution is -2.08. The number of rotatable bonds is 2. The largest absolute Gasteiger partial charge is 0.475 e. The molecule has 0 aliphatic heterocycles. The fraction of sp³-hybridized carbons (Fsp3) is 0.0833. The topological polar surface area (TPSA) is 101 Å². The molecule has 19 heavy (non-hydrogen) atoms. The minimum Gasteiger partial charge on any atom is -0.475 e. The van der Waals surface area contributed by atoms with Gasteiger partial charge >= 0.3 is 11.7 Å². The maximum Gasteiger partial charge on any atom is 0.419 e. The van der Waals surface area contributed by atoms with Crippen LogP contribution in [0.3, 0.4) is 0 Å². The summed E-state index contributed by atoms with van der Waals surface area (Å²) in [5, 5.41) is 8.81. The van der Waals surface area contributed by atoms with Crippen molar-refractivity contribution in [3.63, 3.8) is 0 Å². The number of fused-ring (bicyclic) bond motifs is 1. The highest BCUT2D eigenvalue weighted by Crippen LogP contribution is 2.22. The van der Waals surface area contributed by atoms with Crippen molar-refractivity contribution in [1.29, 1.82) is 0 Å². The monoisotopic (exact) mass is 259 g/mol. The summed E-state index contributed by atoms with van der Waals surface area (Å²) in [6, 6.07) is 5.12. The molecule has 0 radical (unpaired) electrons. The van der Waals surface area contributed by atoms with Crippen LogP contribution in [0.5, 0.6) is 0 Å². The van der Waals surface area contributed by atoms with Crippen LogP contribution in [0.2, 0.25) is 0 Å². The quantitative estimate of drug-likeness (QED) is 0.720. The van der Waals surface area contributed by atoms with Gasteiger partial charge in [0.2, 0.25) is 5.82 Å². The Kier molecular flexibility index (Phi) is 2.28. The second-order valence-corrected chi connectivity index (χ2v) is 4.06. The van der Waals surface area contributed by atoms with Gasteiger partial charge in [0.15, 0.2) is 5.58 Å². The van der Waals surface area contributed by atoms with Crippen LogP contribution < -0.4 is 5.76 Å². The summed E-state index contributed by atoms with van der Waals surface area (Å²) in [6.45, 7) is 0. The average Bonchev–Trinajstić information content (AvgIpc) is 2.96. The summed E-state index contributed by atoms with van der Waals surface area (Å²) in [4.78, 5) is 28.6. The lowest BCUT2D eigenvalue weighted by atomic mass is 10.1. The van der Waals surface area contributed by atoms with E-state index in [1.54, 1.807) is 25.2 Å². The second-order valence-electron chi connectivity index (χ2n) is 4.06. The number of benzene rings is 1. The van der Waals surface area contributed by atoms with E-state index in [9.17, 15) is 9.59 Å². The van der Waals surface area contributed by atoms with Gasteiger partial charge in [0, 0.05) is 12.6 Å². The van der Waals surface area contributed by atoms with Crippen LogP contribution in [0.4, 0.5) is 0 Å². The van der Waals surface area contributed by atoms with Crippen molar-refractivity contribution in [2.45, 2.75) is 0 Å². The number of carbonyl (C=O) groups is 1. The van der Waals surface area contributed by atoms with Crippen molar-refractivity contribution in [3.8, 4) is 11.3 Å². The summed E-state index contributed by atoms with van der Waals surface area (Å²) in [5.74, 6) is -1.69. The number of hydrogen-bond acceptors (Lipinski definition) is 4. The summed E-state index contributed by atoms with van der Waals surface area (Å²) in [6.07, 6.45) is 1.43. The summed E-state index contributed by atoms with van der Waals surface area (Å²) < 4.78 is 6.40. The zero-order valence-corrected chi connectivity index (χ0v) is 9.88. The summed E-state index contributed by atoms with van der Waals surface area (Å²) in [5.41, 5.74) is 2.40. The third-order valence-electron chi connectivity index (χ3n) is 2.88. The fourth-order valence-corrected chi connectivity index (χ4v) is 1.87. The number of aromatic amines is 1. The number of aromatic carboxylic acids is 1. The van der Waals surface area contributed by atoms with Gasteiger partial charge in [-0.3, -0.25) is 4.57 Å². The number of hydrogen-bond donors (Lipinski definition) is 2. The average molecular weight is 259 g/mol. The first-order valence-electron chi connectivity index (χ1n) is 5.44. The second kappa shape index (κ2) is 3.84. The van der Waals surface area contributed by atoms with E-state index < -0.39 is 11.7 Å². The van der Waals surface area contributed by atoms with E-state index in [1.165, 1.54) is 10.8 Å². The number of nitrogens with zero attached hydrogens (tertiary/aromatic N) is 2. The number of aryl methyl sites for hydroxylation is 1. The van der Waals surface area contributed by atoms with E-state index in [0.717, 1.165) is 5.56 Å². The van der Waals surface area contributed by atoms with Crippen LogP contribution in [0, 0.1) is 0 Å². The molecule has 0 fully saturated rings. The number of nitrogens with one attached hydrogen (secondary N) is 1. The van der Waals surface area contributed by atoms with E-state index in [4.69, 9.17) is 9.52 Å². The highest BCUT2D eigenvalue weighted by atomic mass is 16.4. The Hall–Kier alpha value is -2.83. The molecule has 1 aromatic carbocycles. The first-order valence-corrected chi connectivity index (χ1v) is 5.44. The van der Waals surface area contributed by atoms with Crippen LogP contribution in [0.25, 0.3) is 22.4 Å². The van der Waals surface area contributed by atoms with E-state index in [0.29, 0.717) is 16.8 Å². The third-order valence-corrected chi connectivity index (χ3v) is 2.88. The first kappa shape index (κ1) is 11.3. The fourth-order valence-electron chi connectivity index (χ4n) is 1.87. The van der Waals surface area contributed by atoms with Crippen LogP contribution in [0.1, 0.15) is 10.6 Å². The molecular weight excluding hydrogens is 250 g/mol. The predicted molar refractivity (Wildman–Crippen MR) is 66.0 cm³/mol. The Morgan fingerprint density at radius 2 is 2.26 bits per heavy atom. The Bertz CT molecular complexity index is 840. The molecule has 0 saturated carbocycles. The molecular formula is C12H9N3O4. The lowest BCUT2D eigenvalue weighted by molar-refractivity contribution is 0.0685. The molecule has 0 amide bonds. The number of carboxylic acid groups (broad SMARTS) is 1. The molecule has 0 bridgehead atoms. The van der Waals surface area contributed by atoms with Crippen LogP contribution >= 0.6 is 0 Å². The third kappa shape index (κ3) is 1.71. The summed E-state index contributed by atoms with van der Waals surface area (Å²) in [7, 11) is 1.60. The molecule has 3 rings (SSSR count). The summed E-state index contributed by atoms with van der Waals surface area (Å²) >= 11 is 0. The molecule has 0 spiro atoms. The number of imidazole rings is 1. The van der Waals surface area contributed by atoms with Gasteiger partial charge in [-0.15, -0.1) is 0 Å². The van der Waals surface area contributed by atoms with E-state index >= 15 is 0 Å². The molecule has 0 saturated heterocycles. The molecule has 0 unspecified atom stereocenters. The number of aromatic nitrogens is 3. The maximum absolute atomic E-state index is 11.4. The van der Waals surface area contributed by atoms with Gasteiger partial charge < -0.3 is 14.5 Å². The van der Waals surface area contributed by atoms with Crippen molar-refractivity contribution in [2.24, 2.45) is 7.05 Å². The zero-order valence-electron chi connectivity index (χ0n) is 9.88. The molecule has 7 heteroatoms. The molecule has 0 aliphatic rings. The molecule has 7 nitrogen and oxygen atoms in total. The minimum absolute atomic E-state index is 0.129. The van der Waals surface area contributed by atoms with Gasteiger partial charge in [0.25, 0.3) is 0 Å². The first-order chi connectivity index (χ1) is 9.06. The van der Waals surface area contributed by atoms with Crippen molar-refractivity contribution in [3.05, 3.63) is 40.8 Å². The van der Waals surface area contributed by atoms with E-state index in [-0.39, 0.29) is 5.82 Å². The lowest BCUT2D eigenvalue weighted by Gasteiger charge is -1.98. The van der Waals surface area contributed by atoms with Crippen LogP contribution in [0.15, 0.2) is 33.6 Å². The normalized spacial score (nSPS) is 11.0. The molecule has 3 aromatic rings. The minimum atomic E-state index is -1.12. The standard InChI is InChI=1S/C12H9N3O4/c1-15-8-4-6(2-3-9(8)19-12(15)18)7-5-13-10(14-7)11(16)17/h2-5H,1H3,(H,13,14)(H,16,17).